The first-order chi connectivity index (χ1) is 18.9. The molecule has 2 heterocycles. The van der Waals surface area contributed by atoms with Crippen molar-refractivity contribution in [3.05, 3.63) is 124 Å². The lowest BCUT2D eigenvalue weighted by Gasteiger charge is -2.21. The quantitative estimate of drug-likeness (QED) is 0.221. The Hall–Kier alpha value is -4.33. The zero-order valence-corrected chi connectivity index (χ0v) is 22.5. The number of aromatic nitrogens is 2. The van der Waals surface area contributed by atoms with Crippen molar-refractivity contribution in [3.8, 4) is 16.9 Å². The number of amides is 2. The topological polar surface area (TPSA) is 80.4 Å². The number of furan rings is 1. The van der Waals surface area contributed by atoms with E-state index in [9.17, 15) is 9.59 Å². The third-order valence-electron chi connectivity index (χ3n) is 6.05. The van der Waals surface area contributed by atoms with E-state index in [4.69, 9.17) is 32.6 Å². The van der Waals surface area contributed by atoms with Crippen LogP contribution < -0.4 is 5.32 Å². The molecule has 0 saturated heterocycles. The number of hydrogen-bond acceptors (Lipinski definition) is 4. The Bertz CT molecular complexity index is 1580. The van der Waals surface area contributed by atoms with Gasteiger partial charge in [-0.2, -0.15) is 0 Å². The molecule has 5 rings (SSSR count). The van der Waals surface area contributed by atoms with Gasteiger partial charge in [-0.05, 0) is 67.6 Å². The van der Waals surface area contributed by atoms with Crippen LogP contribution in [0, 0.1) is 6.92 Å². The van der Waals surface area contributed by atoms with E-state index in [2.05, 4.69) is 5.32 Å². The number of halogens is 2. The Balaban J connectivity index is 1.43. The Morgan fingerprint density at radius 3 is 2.23 bits per heavy atom. The van der Waals surface area contributed by atoms with Crippen LogP contribution in [0.5, 0.6) is 0 Å². The number of imidazole rings is 1. The summed E-state index contributed by atoms with van der Waals surface area (Å²) in [4.78, 5) is 32.8. The molecule has 0 radical (unpaired) electrons. The molecule has 0 aliphatic carbocycles. The van der Waals surface area contributed by atoms with Crippen LogP contribution in [0.15, 0.2) is 102 Å². The fourth-order valence-electron chi connectivity index (χ4n) is 4.03. The van der Waals surface area contributed by atoms with Crippen LogP contribution in [-0.2, 0) is 11.3 Å². The van der Waals surface area contributed by atoms with Crippen molar-refractivity contribution in [3.63, 3.8) is 0 Å². The van der Waals surface area contributed by atoms with E-state index in [1.54, 1.807) is 53.1 Å². The summed E-state index contributed by atoms with van der Waals surface area (Å²) in [5.41, 5.74) is 3.85. The summed E-state index contributed by atoms with van der Waals surface area (Å²) < 4.78 is 7.25. The number of nitrogens with one attached hydrogen (secondary N) is 1. The van der Waals surface area contributed by atoms with Gasteiger partial charge in [0.1, 0.15) is 12.3 Å². The number of anilines is 1. The summed E-state index contributed by atoms with van der Waals surface area (Å²) in [5, 5.41) is 4.02. The molecular weight excluding hydrogens is 535 g/mol. The molecule has 0 saturated carbocycles. The van der Waals surface area contributed by atoms with E-state index in [1.165, 1.54) is 11.2 Å². The first kappa shape index (κ1) is 26.3. The second-order valence-electron chi connectivity index (χ2n) is 8.96. The van der Waals surface area contributed by atoms with Crippen molar-refractivity contribution in [1.82, 2.24) is 14.5 Å². The Morgan fingerprint density at radius 1 is 0.923 bits per heavy atom. The van der Waals surface area contributed by atoms with Crippen LogP contribution in [0.4, 0.5) is 5.95 Å². The molecular formula is C30H24Cl2N4O3. The average molecular weight is 559 g/mol. The van der Waals surface area contributed by atoms with Gasteiger partial charge in [0.25, 0.3) is 5.91 Å². The minimum absolute atomic E-state index is 0.115. The lowest BCUT2D eigenvalue weighted by molar-refractivity contribution is -0.117. The molecule has 0 aliphatic heterocycles. The van der Waals surface area contributed by atoms with Crippen molar-refractivity contribution >= 4 is 41.0 Å². The fraction of sp³-hybridized carbons (Fsp3) is 0.100. The van der Waals surface area contributed by atoms with Gasteiger partial charge in [0.2, 0.25) is 11.9 Å². The van der Waals surface area contributed by atoms with Crippen LogP contribution in [0.2, 0.25) is 10.0 Å². The van der Waals surface area contributed by atoms with Crippen molar-refractivity contribution in [2.24, 2.45) is 0 Å². The summed E-state index contributed by atoms with van der Waals surface area (Å²) in [5.74, 6) is 0.134. The molecule has 5 aromatic rings. The number of rotatable bonds is 8. The second-order valence-corrected chi connectivity index (χ2v) is 9.83. The average Bonchev–Trinajstić information content (AvgIpc) is 3.59. The molecule has 9 heteroatoms. The smallest absolute Gasteiger partial charge is 0.254 e. The lowest BCUT2D eigenvalue weighted by atomic mass is 10.2. The largest absolute Gasteiger partial charge is 0.467 e. The molecule has 7 nitrogen and oxygen atoms in total. The first-order valence-electron chi connectivity index (χ1n) is 12.1. The minimum Gasteiger partial charge on any atom is -0.467 e. The zero-order valence-electron chi connectivity index (χ0n) is 21.0. The third kappa shape index (κ3) is 6.39. The normalized spacial score (nSPS) is 10.8. The summed E-state index contributed by atoms with van der Waals surface area (Å²) >= 11 is 12.1. The van der Waals surface area contributed by atoms with E-state index < -0.39 is 5.91 Å². The van der Waals surface area contributed by atoms with Crippen molar-refractivity contribution in [2.75, 3.05) is 11.9 Å². The van der Waals surface area contributed by atoms with Gasteiger partial charge in [0.15, 0.2) is 0 Å². The monoisotopic (exact) mass is 558 g/mol. The number of nitrogens with zero attached hydrogens (tertiary/aromatic N) is 3. The molecule has 3 aromatic carbocycles. The molecule has 0 spiro atoms. The van der Waals surface area contributed by atoms with Gasteiger partial charge in [-0.1, -0.05) is 53.0 Å². The lowest BCUT2D eigenvalue weighted by Crippen LogP contribution is -2.37. The Morgan fingerprint density at radius 2 is 1.59 bits per heavy atom. The van der Waals surface area contributed by atoms with Gasteiger partial charge in [-0.15, -0.1) is 0 Å². The van der Waals surface area contributed by atoms with Gasteiger partial charge < -0.3 is 9.32 Å². The van der Waals surface area contributed by atoms with Gasteiger partial charge in [-0.25, -0.2) is 4.98 Å². The van der Waals surface area contributed by atoms with E-state index in [0.29, 0.717) is 33.0 Å². The molecule has 2 aromatic heterocycles. The first-order valence-corrected chi connectivity index (χ1v) is 12.9. The summed E-state index contributed by atoms with van der Waals surface area (Å²) in [7, 11) is 0. The number of aryl methyl sites for hydroxylation is 1. The van der Waals surface area contributed by atoms with Gasteiger partial charge >= 0.3 is 0 Å². The predicted molar refractivity (Wildman–Crippen MR) is 152 cm³/mol. The van der Waals surface area contributed by atoms with E-state index in [1.807, 2.05) is 49.5 Å². The number of carbonyl (C=O) groups excluding carboxylic acids is 2. The minimum atomic E-state index is -0.412. The molecule has 0 fully saturated rings. The van der Waals surface area contributed by atoms with Gasteiger partial charge in [-0.3, -0.25) is 19.5 Å². The highest BCUT2D eigenvalue weighted by Crippen LogP contribution is 2.26. The summed E-state index contributed by atoms with van der Waals surface area (Å²) in [6, 6.07) is 25.2. The molecule has 39 heavy (non-hydrogen) atoms. The van der Waals surface area contributed by atoms with Crippen LogP contribution in [-0.4, -0.2) is 32.8 Å². The van der Waals surface area contributed by atoms with Crippen LogP contribution in [0.3, 0.4) is 0 Å². The second kappa shape index (κ2) is 11.6. The van der Waals surface area contributed by atoms with Crippen molar-refractivity contribution < 1.29 is 14.0 Å². The van der Waals surface area contributed by atoms with Crippen LogP contribution in [0.25, 0.3) is 16.9 Å². The number of carbonyl (C=O) groups is 2. The molecule has 0 atom stereocenters. The highest BCUT2D eigenvalue weighted by molar-refractivity contribution is 6.31. The van der Waals surface area contributed by atoms with E-state index in [0.717, 1.165) is 16.8 Å². The van der Waals surface area contributed by atoms with Gasteiger partial charge in [0.05, 0.1) is 18.5 Å². The van der Waals surface area contributed by atoms with Crippen LogP contribution >= 0.6 is 23.2 Å². The molecule has 196 valence electrons. The summed E-state index contributed by atoms with van der Waals surface area (Å²) in [6.07, 6.45) is 3.38. The standard InChI is InChI=1S/C30H24Cl2N4O3/c1-20-4-14-25(15-5-20)36-18-27(21-6-10-23(31)11-7-21)33-30(36)34-28(37)19-35(17-26-3-2-16-39-26)29(38)22-8-12-24(32)13-9-22/h2-16,18H,17,19H2,1H3,(H,33,34,37). The maximum Gasteiger partial charge on any atom is 0.254 e. The third-order valence-corrected chi connectivity index (χ3v) is 6.55. The Labute approximate surface area is 235 Å². The molecule has 2 amide bonds. The summed E-state index contributed by atoms with van der Waals surface area (Å²) in [6.45, 7) is 1.90. The maximum absolute atomic E-state index is 13.3. The number of benzene rings is 3. The molecule has 0 aliphatic rings. The molecule has 0 unspecified atom stereocenters. The highest BCUT2D eigenvalue weighted by Gasteiger charge is 2.22. The fourth-order valence-corrected chi connectivity index (χ4v) is 4.29. The van der Waals surface area contributed by atoms with Crippen LogP contribution in [0.1, 0.15) is 21.7 Å². The predicted octanol–water partition coefficient (Wildman–Crippen LogP) is 7.03. The zero-order chi connectivity index (χ0) is 27.4. The molecule has 0 bridgehead atoms. The van der Waals surface area contributed by atoms with Gasteiger partial charge in [0, 0.05) is 33.1 Å². The van der Waals surface area contributed by atoms with E-state index >= 15 is 0 Å². The van der Waals surface area contributed by atoms with Crippen molar-refractivity contribution in [2.45, 2.75) is 13.5 Å². The van der Waals surface area contributed by atoms with E-state index in [-0.39, 0.29) is 19.0 Å². The molecule has 1 N–H and O–H groups in total. The SMILES string of the molecule is Cc1ccc(-n2cc(-c3ccc(Cl)cc3)nc2NC(=O)CN(Cc2ccco2)C(=O)c2ccc(Cl)cc2)cc1. The number of hydrogen-bond donors (Lipinski definition) is 1. The maximum atomic E-state index is 13.3. The Kier molecular flexibility index (Phi) is 7.81. The highest BCUT2D eigenvalue weighted by atomic mass is 35.5. The van der Waals surface area contributed by atoms with Crippen molar-refractivity contribution in [1.29, 1.82) is 0 Å².